The Morgan fingerprint density at radius 3 is 2.82 bits per heavy atom. The van der Waals surface area contributed by atoms with Crippen LogP contribution in [-0.4, -0.2) is 30.6 Å². The molecule has 22 heavy (non-hydrogen) atoms. The number of aryl methyl sites for hydroxylation is 1. The number of hydrogen-bond acceptors (Lipinski definition) is 4. The molecule has 122 valence electrons. The van der Waals surface area contributed by atoms with Gasteiger partial charge in [0.2, 0.25) is 0 Å². The molecule has 0 spiro atoms. The smallest absolute Gasteiger partial charge is 0.191 e. The van der Waals surface area contributed by atoms with Gasteiger partial charge in [-0.3, -0.25) is 4.99 Å². The summed E-state index contributed by atoms with van der Waals surface area (Å²) in [5, 5.41) is 9.93. The van der Waals surface area contributed by atoms with E-state index in [-0.39, 0.29) is 24.0 Å². The lowest BCUT2D eigenvalue weighted by atomic mass is 10.3. The first-order valence-corrected chi connectivity index (χ1v) is 8.93. The van der Waals surface area contributed by atoms with Crippen molar-refractivity contribution in [1.82, 2.24) is 15.6 Å². The maximum Gasteiger partial charge on any atom is 0.191 e. The van der Waals surface area contributed by atoms with Crippen molar-refractivity contribution >= 4 is 52.6 Å². The van der Waals surface area contributed by atoms with Gasteiger partial charge in [-0.05, 0) is 31.7 Å². The lowest BCUT2D eigenvalue weighted by Gasteiger charge is -2.10. The number of nitrogens with zero attached hydrogens (tertiary/aromatic N) is 2. The molecular weight excluding hydrogens is 427 g/mol. The molecule has 2 heterocycles. The summed E-state index contributed by atoms with van der Waals surface area (Å²) in [5.74, 6) is 0.891. The molecule has 0 aliphatic rings. The molecular formula is C15H23IN4S2. The van der Waals surface area contributed by atoms with Crippen LogP contribution in [0.2, 0.25) is 0 Å². The molecule has 0 aromatic carbocycles. The van der Waals surface area contributed by atoms with E-state index in [2.05, 4.69) is 52.0 Å². The minimum atomic E-state index is 0. The van der Waals surface area contributed by atoms with Crippen LogP contribution in [0.25, 0.3) is 0 Å². The van der Waals surface area contributed by atoms with Crippen LogP contribution in [0.3, 0.4) is 0 Å². The first-order chi connectivity index (χ1) is 10.3. The van der Waals surface area contributed by atoms with Gasteiger partial charge < -0.3 is 10.6 Å². The second kappa shape index (κ2) is 11.0. The summed E-state index contributed by atoms with van der Waals surface area (Å²) >= 11 is 3.55. The van der Waals surface area contributed by atoms with Crippen LogP contribution in [0.1, 0.15) is 21.7 Å². The second-order valence-corrected chi connectivity index (χ2v) is 6.98. The molecule has 0 unspecified atom stereocenters. The first-order valence-electron chi connectivity index (χ1n) is 7.24. The summed E-state index contributed by atoms with van der Waals surface area (Å²) in [6.07, 6.45) is 3.86. The summed E-state index contributed by atoms with van der Waals surface area (Å²) < 4.78 is 0. The lowest BCUT2D eigenvalue weighted by molar-refractivity contribution is 0.801. The zero-order valence-corrected chi connectivity index (χ0v) is 16.9. The third kappa shape index (κ3) is 7.06. The van der Waals surface area contributed by atoms with Crippen LogP contribution in [0.5, 0.6) is 0 Å². The van der Waals surface area contributed by atoms with Gasteiger partial charge in [0.15, 0.2) is 5.96 Å². The Labute approximate surface area is 157 Å². The molecule has 0 fully saturated rings. The van der Waals surface area contributed by atoms with Gasteiger partial charge in [-0.1, -0.05) is 6.07 Å². The van der Waals surface area contributed by atoms with Gasteiger partial charge >= 0.3 is 0 Å². The fraction of sp³-hybridized carbons (Fsp3) is 0.467. The third-order valence-electron chi connectivity index (χ3n) is 2.85. The van der Waals surface area contributed by atoms with E-state index in [4.69, 9.17) is 0 Å². The van der Waals surface area contributed by atoms with Crippen molar-refractivity contribution in [3.05, 3.63) is 38.5 Å². The molecule has 0 radical (unpaired) electrons. The number of hydrogen-bond donors (Lipinski definition) is 2. The van der Waals surface area contributed by atoms with E-state index in [0.29, 0.717) is 0 Å². The first kappa shape index (κ1) is 19.4. The Balaban J connectivity index is 0.00000242. The standard InChI is InChI=1S/C15H22N4S2.HI/c1-3-16-15(17-8-6-13-5-4-10-20-13)18-9-7-14-19-11-12(2)21-14;/h4-5,10-11H,3,6-9H2,1-2H3,(H2,16,17,18);1H. The average molecular weight is 450 g/mol. The number of aliphatic imine (C=N–C) groups is 1. The van der Waals surface area contributed by atoms with Gasteiger partial charge in [0.25, 0.3) is 0 Å². The third-order valence-corrected chi connectivity index (χ3v) is 4.76. The van der Waals surface area contributed by atoms with Gasteiger partial charge in [0, 0.05) is 42.0 Å². The minimum Gasteiger partial charge on any atom is -0.357 e. The van der Waals surface area contributed by atoms with Crippen molar-refractivity contribution in [3.8, 4) is 0 Å². The number of nitrogens with one attached hydrogen (secondary N) is 2. The number of rotatable bonds is 7. The molecule has 2 N–H and O–H groups in total. The summed E-state index contributed by atoms with van der Waals surface area (Å²) in [6.45, 7) is 6.71. The van der Waals surface area contributed by atoms with Crippen LogP contribution >= 0.6 is 46.7 Å². The van der Waals surface area contributed by atoms with Crippen LogP contribution in [0, 0.1) is 6.92 Å². The molecule has 0 bridgehead atoms. The zero-order chi connectivity index (χ0) is 14.9. The Morgan fingerprint density at radius 1 is 1.32 bits per heavy atom. The van der Waals surface area contributed by atoms with E-state index in [1.807, 2.05) is 6.20 Å². The van der Waals surface area contributed by atoms with Crippen molar-refractivity contribution in [2.45, 2.75) is 26.7 Å². The highest BCUT2D eigenvalue weighted by Gasteiger charge is 2.00. The Kier molecular flexibility index (Phi) is 9.65. The minimum absolute atomic E-state index is 0. The normalized spacial score (nSPS) is 11.1. The molecule has 2 aromatic rings. The molecule has 4 nitrogen and oxygen atoms in total. The number of aromatic nitrogens is 1. The largest absolute Gasteiger partial charge is 0.357 e. The van der Waals surface area contributed by atoms with Gasteiger partial charge in [-0.25, -0.2) is 4.98 Å². The lowest BCUT2D eigenvalue weighted by Crippen LogP contribution is -2.38. The monoisotopic (exact) mass is 450 g/mol. The van der Waals surface area contributed by atoms with Crippen LogP contribution in [0.15, 0.2) is 28.7 Å². The van der Waals surface area contributed by atoms with E-state index in [0.717, 1.165) is 43.4 Å². The summed E-state index contributed by atoms with van der Waals surface area (Å²) in [4.78, 5) is 11.6. The highest BCUT2D eigenvalue weighted by molar-refractivity contribution is 14.0. The van der Waals surface area contributed by atoms with Gasteiger partial charge in [0.05, 0.1) is 5.01 Å². The quantitative estimate of drug-likeness (QED) is 0.386. The predicted octanol–water partition coefficient (Wildman–Crippen LogP) is 3.47. The second-order valence-electron chi connectivity index (χ2n) is 4.63. The molecule has 0 aliphatic carbocycles. The molecule has 7 heteroatoms. The topological polar surface area (TPSA) is 49.3 Å². The van der Waals surface area contributed by atoms with E-state index >= 15 is 0 Å². The molecule has 0 aliphatic heterocycles. The molecule has 0 amide bonds. The number of halogens is 1. The number of thiazole rings is 1. The molecule has 2 aromatic heterocycles. The maximum atomic E-state index is 4.60. The molecule has 2 rings (SSSR count). The summed E-state index contributed by atoms with van der Waals surface area (Å²) in [7, 11) is 0. The van der Waals surface area contributed by atoms with Gasteiger partial charge in [0.1, 0.15) is 0 Å². The fourth-order valence-corrected chi connectivity index (χ4v) is 3.37. The summed E-state index contributed by atoms with van der Waals surface area (Å²) in [5.41, 5.74) is 0. The van der Waals surface area contributed by atoms with E-state index in [1.165, 1.54) is 9.75 Å². The van der Waals surface area contributed by atoms with Crippen molar-refractivity contribution in [3.63, 3.8) is 0 Å². The molecule has 0 saturated heterocycles. The van der Waals surface area contributed by atoms with Gasteiger partial charge in [-0.15, -0.1) is 46.7 Å². The Hall–Kier alpha value is -0.670. The Morgan fingerprint density at radius 2 is 2.18 bits per heavy atom. The number of thiophene rings is 1. The summed E-state index contributed by atoms with van der Waals surface area (Å²) in [6, 6.07) is 4.26. The number of guanidine groups is 1. The van der Waals surface area contributed by atoms with Crippen LogP contribution in [-0.2, 0) is 12.8 Å². The van der Waals surface area contributed by atoms with Crippen molar-refractivity contribution in [2.24, 2.45) is 4.99 Å². The van der Waals surface area contributed by atoms with Crippen molar-refractivity contribution < 1.29 is 0 Å². The highest BCUT2D eigenvalue weighted by Crippen LogP contribution is 2.11. The highest BCUT2D eigenvalue weighted by atomic mass is 127. The fourth-order valence-electron chi connectivity index (χ4n) is 1.88. The average Bonchev–Trinajstić information content (AvgIpc) is 3.11. The van der Waals surface area contributed by atoms with Crippen molar-refractivity contribution in [2.75, 3.05) is 19.6 Å². The maximum absolute atomic E-state index is 4.60. The van der Waals surface area contributed by atoms with E-state index in [1.54, 1.807) is 22.7 Å². The van der Waals surface area contributed by atoms with Crippen LogP contribution < -0.4 is 10.6 Å². The molecule has 0 saturated carbocycles. The molecule has 0 atom stereocenters. The van der Waals surface area contributed by atoms with E-state index < -0.39 is 0 Å². The van der Waals surface area contributed by atoms with Gasteiger partial charge in [-0.2, -0.15) is 0 Å². The Bertz CT molecular complexity index is 552. The van der Waals surface area contributed by atoms with Crippen molar-refractivity contribution in [1.29, 1.82) is 0 Å². The zero-order valence-electron chi connectivity index (χ0n) is 13.0. The van der Waals surface area contributed by atoms with E-state index in [9.17, 15) is 0 Å². The van der Waals surface area contributed by atoms with Crippen LogP contribution in [0.4, 0.5) is 0 Å². The SMILES string of the molecule is CCNC(=NCCc1ncc(C)s1)NCCc1cccs1.I. The predicted molar refractivity (Wildman–Crippen MR) is 108 cm³/mol.